The van der Waals surface area contributed by atoms with Gasteiger partial charge < -0.3 is 4.74 Å². The summed E-state index contributed by atoms with van der Waals surface area (Å²) in [7, 11) is 0. The van der Waals surface area contributed by atoms with Crippen LogP contribution >= 0.6 is 11.3 Å². The molecule has 1 aromatic heterocycles. The first kappa shape index (κ1) is 20.9. The maximum Gasteiger partial charge on any atom is 0.338 e. The number of ether oxygens (including phenoxy) is 1. The number of fused-ring (bicyclic) bond motifs is 1. The Morgan fingerprint density at radius 1 is 1.16 bits per heavy atom. The minimum atomic E-state index is -1.04. The Hall–Kier alpha value is -3.39. The lowest BCUT2D eigenvalue weighted by atomic mass is 9.95. The lowest BCUT2D eigenvalue weighted by Gasteiger charge is -2.24. The van der Waals surface area contributed by atoms with Crippen molar-refractivity contribution < 1.29 is 18.3 Å². The lowest BCUT2D eigenvalue weighted by Crippen LogP contribution is -2.40. The monoisotopic (exact) mass is 440 g/mol. The molecule has 0 saturated carbocycles. The zero-order chi connectivity index (χ0) is 22.1. The molecule has 1 aliphatic heterocycles. The Labute approximate surface area is 180 Å². The summed E-state index contributed by atoms with van der Waals surface area (Å²) < 4.78 is 35.6. The van der Waals surface area contributed by atoms with Crippen LogP contribution in [0.15, 0.2) is 69.6 Å². The molecule has 0 saturated heterocycles. The van der Waals surface area contributed by atoms with Crippen molar-refractivity contribution in [3.63, 3.8) is 0 Å². The fourth-order valence-electron chi connectivity index (χ4n) is 3.52. The standard InChI is InChI=1S/C23H18F2N2O3S/c1-3-30-22(29)19-13(2)26-23-27(20(19)15-9-5-7-11-17(15)25)21(28)18(31-23)12-14-8-4-6-10-16(14)24/h4-12,20H,3H2,1-2H3/b18-12-/t20-/m0/s1. The molecule has 31 heavy (non-hydrogen) atoms. The maximum absolute atomic E-state index is 14.8. The number of thiazole rings is 1. The van der Waals surface area contributed by atoms with Gasteiger partial charge >= 0.3 is 5.97 Å². The van der Waals surface area contributed by atoms with Gasteiger partial charge in [-0.25, -0.2) is 18.6 Å². The van der Waals surface area contributed by atoms with Crippen LogP contribution in [0.25, 0.3) is 6.08 Å². The number of aromatic nitrogens is 1. The molecule has 1 atom stereocenters. The Bertz CT molecular complexity index is 1390. The summed E-state index contributed by atoms with van der Waals surface area (Å²) in [5.74, 6) is -1.70. The van der Waals surface area contributed by atoms with Crippen molar-refractivity contribution in [1.29, 1.82) is 0 Å². The predicted molar refractivity (Wildman–Crippen MR) is 113 cm³/mol. The van der Waals surface area contributed by atoms with Crippen LogP contribution in [0.1, 0.15) is 31.0 Å². The molecule has 0 bridgehead atoms. The number of hydrogen-bond donors (Lipinski definition) is 0. The van der Waals surface area contributed by atoms with Crippen molar-refractivity contribution in [2.24, 2.45) is 4.99 Å². The van der Waals surface area contributed by atoms with Gasteiger partial charge in [0.1, 0.15) is 17.7 Å². The minimum absolute atomic E-state index is 0.0943. The second kappa shape index (κ2) is 8.39. The Morgan fingerprint density at radius 3 is 2.52 bits per heavy atom. The number of esters is 1. The number of rotatable bonds is 4. The van der Waals surface area contributed by atoms with Crippen LogP contribution in [0.4, 0.5) is 8.78 Å². The molecule has 8 heteroatoms. The van der Waals surface area contributed by atoms with E-state index in [9.17, 15) is 18.4 Å². The third-order valence-corrected chi connectivity index (χ3v) is 5.89. The van der Waals surface area contributed by atoms with Crippen molar-refractivity contribution in [2.75, 3.05) is 6.61 Å². The van der Waals surface area contributed by atoms with E-state index in [1.165, 1.54) is 34.9 Å². The van der Waals surface area contributed by atoms with Gasteiger partial charge in [-0.3, -0.25) is 9.36 Å². The highest BCUT2D eigenvalue weighted by molar-refractivity contribution is 7.07. The Kier molecular flexibility index (Phi) is 5.65. The largest absolute Gasteiger partial charge is 0.463 e. The van der Waals surface area contributed by atoms with Crippen LogP contribution in [-0.2, 0) is 9.53 Å². The van der Waals surface area contributed by atoms with E-state index in [0.29, 0.717) is 10.5 Å². The fraction of sp³-hybridized carbons (Fsp3) is 0.174. The molecule has 3 aromatic rings. The molecule has 4 rings (SSSR count). The summed E-state index contributed by atoms with van der Waals surface area (Å²) in [6.07, 6.45) is 1.43. The van der Waals surface area contributed by atoms with Crippen molar-refractivity contribution in [3.8, 4) is 0 Å². The lowest BCUT2D eigenvalue weighted by molar-refractivity contribution is -0.139. The molecule has 0 N–H and O–H groups in total. The van der Waals surface area contributed by atoms with Crippen LogP contribution in [0.3, 0.4) is 0 Å². The molecule has 1 aliphatic rings. The average molecular weight is 440 g/mol. The first-order chi connectivity index (χ1) is 14.9. The summed E-state index contributed by atoms with van der Waals surface area (Å²) in [6, 6.07) is 11.0. The Balaban J connectivity index is 2.00. The zero-order valence-corrected chi connectivity index (χ0v) is 17.6. The predicted octanol–water partition coefficient (Wildman–Crippen LogP) is 3.08. The third kappa shape index (κ3) is 3.74. The van der Waals surface area contributed by atoms with Crippen LogP contribution in [0.5, 0.6) is 0 Å². The number of benzene rings is 2. The van der Waals surface area contributed by atoms with Gasteiger partial charge in [-0.15, -0.1) is 0 Å². The molecule has 2 aromatic carbocycles. The molecule has 5 nitrogen and oxygen atoms in total. The maximum atomic E-state index is 14.8. The fourth-order valence-corrected chi connectivity index (χ4v) is 4.55. The van der Waals surface area contributed by atoms with E-state index in [4.69, 9.17) is 4.74 Å². The quantitative estimate of drug-likeness (QED) is 0.586. The SMILES string of the molecule is CCOC(=O)C1=C(C)N=c2s/c(=C\c3ccccc3F)c(=O)n2[C@H]1c1ccccc1F. The van der Waals surface area contributed by atoms with Gasteiger partial charge in [0, 0.05) is 11.1 Å². The second-order valence-electron chi connectivity index (χ2n) is 6.85. The van der Waals surface area contributed by atoms with Crippen LogP contribution in [0.2, 0.25) is 0 Å². The number of hydrogen-bond acceptors (Lipinski definition) is 5. The summed E-state index contributed by atoms with van der Waals surface area (Å²) in [4.78, 5) is 30.8. The minimum Gasteiger partial charge on any atom is -0.463 e. The third-order valence-electron chi connectivity index (χ3n) is 4.91. The first-order valence-corrected chi connectivity index (χ1v) is 10.4. The van der Waals surface area contributed by atoms with Crippen molar-refractivity contribution >= 4 is 23.4 Å². The number of halogens is 2. The van der Waals surface area contributed by atoms with Crippen LogP contribution in [-0.4, -0.2) is 17.1 Å². The summed E-state index contributed by atoms with van der Waals surface area (Å²) in [5, 5.41) is 0. The summed E-state index contributed by atoms with van der Waals surface area (Å²) in [6.45, 7) is 3.40. The van der Waals surface area contributed by atoms with E-state index in [-0.39, 0.29) is 27.8 Å². The van der Waals surface area contributed by atoms with Gasteiger partial charge in [-0.05, 0) is 32.1 Å². The van der Waals surface area contributed by atoms with E-state index in [1.807, 2.05) is 0 Å². The molecule has 2 heterocycles. The van der Waals surface area contributed by atoms with E-state index in [1.54, 1.807) is 38.1 Å². The highest BCUT2D eigenvalue weighted by Gasteiger charge is 2.34. The van der Waals surface area contributed by atoms with Gasteiger partial charge in [-0.2, -0.15) is 0 Å². The number of carbonyl (C=O) groups is 1. The van der Waals surface area contributed by atoms with E-state index in [2.05, 4.69) is 4.99 Å². The van der Waals surface area contributed by atoms with Crippen molar-refractivity contribution in [1.82, 2.24) is 4.57 Å². The van der Waals surface area contributed by atoms with Crippen LogP contribution in [0, 0.1) is 11.6 Å². The van der Waals surface area contributed by atoms with Crippen molar-refractivity contribution in [3.05, 3.63) is 102 Å². The van der Waals surface area contributed by atoms with E-state index >= 15 is 0 Å². The topological polar surface area (TPSA) is 60.7 Å². The highest BCUT2D eigenvalue weighted by atomic mass is 32.1. The van der Waals surface area contributed by atoms with Crippen molar-refractivity contribution in [2.45, 2.75) is 19.9 Å². The van der Waals surface area contributed by atoms with Gasteiger partial charge in [0.2, 0.25) is 0 Å². The first-order valence-electron chi connectivity index (χ1n) is 9.61. The zero-order valence-electron chi connectivity index (χ0n) is 16.8. The average Bonchev–Trinajstić information content (AvgIpc) is 3.04. The molecule has 0 unspecified atom stereocenters. The highest BCUT2D eigenvalue weighted by Crippen LogP contribution is 2.32. The molecule has 158 valence electrons. The number of carbonyl (C=O) groups excluding carboxylic acids is 1. The molecule has 0 aliphatic carbocycles. The molecule has 0 amide bonds. The van der Waals surface area contributed by atoms with Crippen LogP contribution < -0.4 is 14.9 Å². The van der Waals surface area contributed by atoms with E-state index in [0.717, 1.165) is 11.3 Å². The number of allylic oxidation sites excluding steroid dienone is 1. The summed E-state index contributed by atoms with van der Waals surface area (Å²) >= 11 is 1.05. The molecule has 0 fully saturated rings. The molecule has 0 radical (unpaired) electrons. The van der Waals surface area contributed by atoms with Gasteiger partial charge in [0.25, 0.3) is 5.56 Å². The Morgan fingerprint density at radius 2 is 1.84 bits per heavy atom. The van der Waals surface area contributed by atoms with E-state index < -0.39 is 29.2 Å². The summed E-state index contributed by atoms with van der Waals surface area (Å²) in [5.41, 5.74) is 0.340. The molecule has 0 spiro atoms. The smallest absolute Gasteiger partial charge is 0.338 e. The van der Waals surface area contributed by atoms with Gasteiger partial charge in [0.15, 0.2) is 4.80 Å². The van der Waals surface area contributed by atoms with Gasteiger partial charge in [-0.1, -0.05) is 47.7 Å². The molecular weight excluding hydrogens is 422 g/mol. The number of nitrogens with zero attached hydrogens (tertiary/aromatic N) is 2. The second-order valence-corrected chi connectivity index (χ2v) is 7.85. The molecular formula is C23H18F2N2O3S. The van der Waals surface area contributed by atoms with Gasteiger partial charge in [0.05, 0.1) is 22.4 Å². The normalized spacial score (nSPS) is 16.1.